The van der Waals surface area contributed by atoms with E-state index in [1.54, 1.807) is 23.2 Å². The van der Waals surface area contributed by atoms with Gasteiger partial charge in [0.25, 0.3) is 0 Å². The standard InChI is InChI=1S/C32H12BF24.C19H17N2O2/c34-25(35,36)13-1-14(26(37,38)39)6-21(5-13)33(22-7-15(27(40,41)42)2-16(8-22)28(43,44)45,23-9-17(29(46,47)48)3-18(10-23)30(49,50)51)24-11-19(31(52,53)54)4-20(12-24)32(55,56)57;1-15-7-9-17(10-8-15)23-19-13-20-11-12-21(19)14-18(22)16-5-3-2-4-6-16/h1-12H;2-13H,14H2,1H3/q-1;+1. The number of aryl methyl sites for hydroxylation is 1. The Morgan fingerprint density at radius 1 is 0.425 bits per heavy atom. The molecule has 0 atom stereocenters. The molecule has 0 N–H and O–H groups in total. The molecule has 29 heteroatoms. The minimum absolute atomic E-state index is 0.0237. The van der Waals surface area contributed by atoms with Crippen molar-refractivity contribution in [1.82, 2.24) is 4.98 Å². The van der Waals surface area contributed by atoms with Gasteiger partial charge in [0, 0.05) is 5.56 Å². The van der Waals surface area contributed by atoms with Gasteiger partial charge in [-0.25, -0.2) is 4.98 Å². The first kappa shape index (κ1) is 61.5. The number of carbonyl (C=O) groups is 1. The average molecular weight is 1170 g/mol. The predicted octanol–water partition coefficient (Wildman–Crippen LogP) is 14.6. The summed E-state index contributed by atoms with van der Waals surface area (Å²) in [4.78, 5) is 16.4. The van der Waals surface area contributed by atoms with Crippen molar-refractivity contribution >= 4 is 33.8 Å². The average Bonchev–Trinajstić information content (AvgIpc) is 3.34. The molecule has 1 heterocycles. The summed E-state index contributed by atoms with van der Waals surface area (Å²) in [6.45, 7) is 2.22. The Labute approximate surface area is 433 Å². The number of ketones is 1. The van der Waals surface area contributed by atoms with Crippen molar-refractivity contribution in [2.75, 3.05) is 0 Å². The molecular weight excluding hydrogens is 1140 g/mol. The molecule has 0 aliphatic rings. The lowest BCUT2D eigenvalue weighted by molar-refractivity contribution is -0.687. The summed E-state index contributed by atoms with van der Waals surface area (Å²) < 4.78 is 348. The van der Waals surface area contributed by atoms with Crippen LogP contribution < -0.4 is 31.2 Å². The maximum atomic E-state index is 14.2. The molecule has 1 aromatic heterocycles. The van der Waals surface area contributed by atoms with Crippen molar-refractivity contribution in [2.24, 2.45) is 0 Å². The number of Topliss-reactive ketones (excluding diaryl/α,β-unsaturated/α-hetero) is 1. The third-order valence-electron chi connectivity index (χ3n) is 11.9. The van der Waals surface area contributed by atoms with E-state index in [0.29, 0.717) is 17.2 Å². The van der Waals surface area contributed by atoms with Gasteiger partial charge in [-0.1, -0.05) is 96.6 Å². The molecule has 4 nitrogen and oxygen atoms in total. The topological polar surface area (TPSA) is 43.1 Å². The zero-order valence-electron chi connectivity index (χ0n) is 39.4. The number of hydrogen-bond acceptors (Lipinski definition) is 3. The molecule has 426 valence electrons. The molecule has 0 spiro atoms. The van der Waals surface area contributed by atoms with Gasteiger partial charge in [0.2, 0.25) is 12.3 Å². The fourth-order valence-electron chi connectivity index (χ4n) is 8.26. The Hall–Kier alpha value is -7.75. The summed E-state index contributed by atoms with van der Waals surface area (Å²) >= 11 is 0. The van der Waals surface area contributed by atoms with Gasteiger partial charge in [-0.2, -0.15) is 132 Å². The van der Waals surface area contributed by atoms with Crippen molar-refractivity contribution in [3.8, 4) is 11.6 Å². The molecule has 0 amide bonds. The number of alkyl halides is 24. The van der Waals surface area contributed by atoms with Crippen LogP contribution in [0.25, 0.3) is 0 Å². The Bertz CT molecular complexity index is 2920. The molecule has 6 aromatic carbocycles. The molecule has 7 rings (SSSR count). The summed E-state index contributed by atoms with van der Waals surface area (Å²) in [6.07, 6.45) is -49.8. The summed E-state index contributed by atoms with van der Waals surface area (Å²) in [7, 11) is 0. The highest BCUT2D eigenvalue weighted by Crippen LogP contribution is 2.41. The number of rotatable bonds is 9. The Morgan fingerprint density at radius 3 is 0.988 bits per heavy atom. The third kappa shape index (κ3) is 14.3. The molecular formula is C51H29BF24N2O2. The molecule has 0 fully saturated rings. The minimum Gasteiger partial charge on any atom is -0.404 e. The van der Waals surface area contributed by atoms with Gasteiger partial charge >= 0.3 is 55.3 Å². The largest absolute Gasteiger partial charge is 0.416 e. The van der Waals surface area contributed by atoms with Crippen LogP contribution in [0.1, 0.15) is 60.4 Å². The van der Waals surface area contributed by atoms with E-state index in [1.807, 2.05) is 61.5 Å². The second-order valence-electron chi connectivity index (χ2n) is 17.5. The van der Waals surface area contributed by atoms with Gasteiger partial charge in [0.1, 0.15) is 18.1 Å². The first-order valence-electron chi connectivity index (χ1n) is 22.0. The maximum absolute atomic E-state index is 14.2. The van der Waals surface area contributed by atoms with Crippen LogP contribution in [0.2, 0.25) is 0 Å². The van der Waals surface area contributed by atoms with Crippen molar-refractivity contribution < 1.29 is 119 Å². The van der Waals surface area contributed by atoms with E-state index in [9.17, 15) is 110 Å². The van der Waals surface area contributed by atoms with Crippen LogP contribution in [0.5, 0.6) is 11.6 Å². The number of hydrogen-bond donors (Lipinski definition) is 0. The normalized spacial score (nSPS) is 13.2. The smallest absolute Gasteiger partial charge is 0.404 e. The van der Waals surface area contributed by atoms with Gasteiger partial charge in [0.15, 0.2) is 6.20 Å². The van der Waals surface area contributed by atoms with Crippen LogP contribution in [0.15, 0.2) is 146 Å². The lowest BCUT2D eigenvalue weighted by Crippen LogP contribution is -2.75. The van der Waals surface area contributed by atoms with E-state index in [-0.39, 0.29) is 12.3 Å². The summed E-state index contributed by atoms with van der Waals surface area (Å²) in [5.74, 6) is 1.26. The number of nitrogens with zero attached hydrogens (tertiary/aromatic N) is 2. The summed E-state index contributed by atoms with van der Waals surface area (Å²) in [5.41, 5.74) is -28.4. The molecule has 0 aliphatic heterocycles. The molecule has 80 heavy (non-hydrogen) atoms. The first-order valence-corrected chi connectivity index (χ1v) is 22.0. The van der Waals surface area contributed by atoms with Crippen LogP contribution in [-0.4, -0.2) is 16.9 Å². The number of carbonyl (C=O) groups excluding carboxylic acids is 1. The molecule has 0 saturated carbocycles. The predicted molar refractivity (Wildman–Crippen MR) is 237 cm³/mol. The van der Waals surface area contributed by atoms with Crippen LogP contribution >= 0.6 is 0 Å². The zero-order valence-corrected chi connectivity index (χ0v) is 39.4. The molecule has 0 saturated heterocycles. The second kappa shape index (κ2) is 21.7. The van der Waals surface area contributed by atoms with Crippen molar-refractivity contribution in [3.05, 3.63) is 202 Å². The van der Waals surface area contributed by atoms with Crippen LogP contribution in [-0.2, 0) is 56.0 Å². The first-order chi connectivity index (χ1) is 36.5. The fourth-order valence-corrected chi connectivity index (χ4v) is 8.26. The van der Waals surface area contributed by atoms with E-state index in [0.717, 1.165) is 5.56 Å². The quantitative estimate of drug-likeness (QED) is 0.0626. The molecule has 0 unspecified atom stereocenters. The fraction of sp³-hybridized carbons (Fsp3) is 0.196. The Kier molecular flexibility index (Phi) is 16.7. The van der Waals surface area contributed by atoms with Crippen molar-refractivity contribution in [1.29, 1.82) is 0 Å². The highest BCUT2D eigenvalue weighted by atomic mass is 19.4. The number of benzene rings is 6. The molecule has 0 aliphatic carbocycles. The van der Waals surface area contributed by atoms with E-state index in [4.69, 9.17) is 4.74 Å². The molecule has 0 bridgehead atoms. The summed E-state index contributed by atoms with van der Waals surface area (Å²) in [5, 5.41) is 0. The number of ether oxygens (including phenoxy) is 1. The highest BCUT2D eigenvalue weighted by Gasteiger charge is 2.47. The van der Waals surface area contributed by atoms with Gasteiger partial charge in [0.05, 0.1) is 50.7 Å². The Balaban J connectivity index is 0.000000370. The summed E-state index contributed by atoms with van der Waals surface area (Å²) in [6, 6.07) is 8.16. The van der Waals surface area contributed by atoms with Crippen LogP contribution in [0, 0.1) is 6.92 Å². The van der Waals surface area contributed by atoms with Crippen LogP contribution in [0.3, 0.4) is 0 Å². The zero-order chi connectivity index (χ0) is 60.0. The molecule has 0 radical (unpaired) electrons. The monoisotopic (exact) mass is 1170 g/mol. The van der Waals surface area contributed by atoms with Crippen molar-refractivity contribution in [2.45, 2.75) is 62.9 Å². The van der Waals surface area contributed by atoms with E-state index in [1.165, 1.54) is 0 Å². The second-order valence-corrected chi connectivity index (χ2v) is 17.5. The third-order valence-corrected chi connectivity index (χ3v) is 11.9. The SMILES string of the molecule is Cc1ccc(Oc2cncc[n+]2CC(=O)c2ccccc2)cc1.FC(F)(F)c1cc([B-](c2cc(C(F)(F)F)cc(C(F)(F)F)c2)(c2cc(C(F)(F)F)cc(C(F)(F)F)c2)c2cc(C(F)(F)F)cc(C(F)(F)F)c2)cc(C(F)(F)F)c1. The van der Waals surface area contributed by atoms with E-state index >= 15 is 0 Å². The minimum atomic E-state index is -6.13. The maximum Gasteiger partial charge on any atom is 0.416 e. The van der Waals surface area contributed by atoms with Gasteiger partial charge in [-0.3, -0.25) is 4.79 Å². The van der Waals surface area contributed by atoms with Gasteiger partial charge < -0.3 is 4.74 Å². The Morgan fingerprint density at radius 2 is 0.713 bits per heavy atom. The lowest BCUT2D eigenvalue weighted by atomic mass is 9.12. The molecule has 7 aromatic rings. The van der Waals surface area contributed by atoms with E-state index in [2.05, 4.69) is 4.98 Å². The van der Waals surface area contributed by atoms with Gasteiger partial charge in [-0.05, 0) is 43.3 Å². The number of aromatic nitrogens is 2. The van der Waals surface area contributed by atoms with Crippen LogP contribution in [0.4, 0.5) is 105 Å². The highest BCUT2D eigenvalue weighted by molar-refractivity contribution is 7.20. The lowest BCUT2D eigenvalue weighted by Gasteiger charge is -2.46. The van der Waals surface area contributed by atoms with E-state index < -0.39 is 195 Å². The number of halogens is 24. The van der Waals surface area contributed by atoms with Crippen molar-refractivity contribution in [3.63, 3.8) is 0 Å². The van der Waals surface area contributed by atoms with Gasteiger partial charge in [-0.15, -0.1) is 0 Å².